The van der Waals surface area contributed by atoms with Crippen molar-refractivity contribution in [1.82, 2.24) is 4.98 Å². The molecule has 0 atom stereocenters. The Balaban J connectivity index is 2.37. The Kier molecular flexibility index (Phi) is 3.10. The number of ether oxygens (including phenoxy) is 1. The van der Waals surface area contributed by atoms with Crippen molar-refractivity contribution in [2.45, 2.75) is 12.8 Å². The van der Waals surface area contributed by atoms with E-state index >= 15 is 0 Å². The molecule has 0 radical (unpaired) electrons. The zero-order valence-electron chi connectivity index (χ0n) is 9.49. The van der Waals surface area contributed by atoms with Crippen LogP contribution in [0.5, 0.6) is 0 Å². The van der Waals surface area contributed by atoms with Crippen LogP contribution in [0.2, 0.25) is 0 Å². The first-order valence-corrected chi connectivity index (χ1v) is 5.32. The number of aryl methyl sites for hydroxylation is 1. The van der Waals surface area contributed by atoms with Gasteiger partial charge in [0.1, 0.15) is 11.8 Å². The van der Waals surface area contributed by atoms with Crippen molar-refractivity contribution < 1.29 is 9.53 Å². The van der Waals surface area contributed by atoms with Crippen LogP contribution in [-0.2, 0) is 16.0 Å². The monoisotopic (exact) mass is 228 g/mol. The highest BCUT2D eigenvalue weighted by atomic mass is 16.5. The first-order valence-electron chi connectivity index (χ1n) is 5.32. The number of carbonyl (C=O) groups excluding carboxylic acids is 1. The molecule has 0 saturated carbocycles. The molecule has 17 heavy (non-hydrogen) atoms. The number of methoxy groups -OCH3 is 1. The molecule has 0 aliphatic carbocycles. The lowest BCUT2D eigenvalue weighted by atomic mass is 10.1. The smallest absolute Gasteiger partial charge is 0.305 e. The summed E-state index contributed by atoms with van der Waals surface area (Å²) in [4.78, 5) is 14.2. The number of aromatic nitrogens is 1. The third-order valence-corrected chi connectivity index (χ3v) is 2.73. The van der Waals surface area contributed by atoms with E-state index in [0.29, 0.717) is 12.1 Å². The maximum absolute atomic E-state index is 11.1. The molecule has 4 heteroatoms. The molecule has 1 aromatic carbocycles. The molecule has 0 spiro atoms. The van der Waals surface area contributed by atoms with Crippen molar-refractivity contribution in [1.29, 1.82) is 5.26 Å². The lowest BCUT2D eigenvalue weighted by molar-refractivity contribution is -0.140. The van der Waals surface area contributed by atoms with E-state index in [0.717, 1.165) is 16.5 Å². The van der Waals surface area contributed by atoms with Crippen molar-refractivity contribution in [2.24, 2.45) is 0 Å². The minimum absolute atomic E-state index is 0.265. The molecule has 0 amide bonds. The number of nitrogens with one attached hydrogen (secondary N) is 1. The van der Waals surface area contributed by atoms with Crippen LogP contribution >= 0.6 is 0 Å². The molecule has 1 N–H and O–H groups in total. The molecular formula is C13H12N2O2. The summed E-state index contributed by atoms with van der Waals surface area (Å²) in [5, 5.41) is 10.0. The van der Waals surface area contributed by atoms with Crippen molar-refractivity contribution >= 4 is 16.9 Å². The molecule has 0 fully saturated rings. The minimum Gasteiger partial charge on any atom is -0.469 e. The second kappa shape index (κ2) is 4.71. The van der Waals surface area contributed by atoms with E-state index in [2.05, 4.69) is 15.8 Å². The second-order valence-corrected chi connectivity index (χ2v) is 3.71. The topological polar surface area (TPSA) is 65.9 Å². The molecule has 0 saturated heterocycles. The van der Waals surface area contributed by atoms with Crippen molar-refractivity contribution in [3.63, 3.8) is 0 Å². The fraction of sp³-hybridized carbons (Fsp3) is 0.231. The number of H-pyrrole nitrogens is 1. The third-order valence-electron chi connectivity index (χ3n) is 2.73. The summed E-state index contributed by atoms with van der Waals surface area (Å²) in [5.74, 6) is -0.265. The molecule has 2 aromatic rings. The average Bonchev–Trinajstić information content (AvgIpc) is 2.73. The van der Waals surface area contributed by atoms with Gasteiger partial charge in [-0.3, -0.25) is 4.79 Å². The van der Waals surface area contributed by atoms with Crippen LogP contribution in [0.25, 0.3) is 10.9 Å². The van der Waals surface area contributed by atoms with Gasteiger partial charge in [0.05, 0.1) is 7.11 Å². The van der Waals surface area contributed by atoms with Crippen LogP contribution in [0.15, 0.2) is 24.3 Å². The molecule has 2 rings (SSSR count). The summed E-state index contributed by atoms with van der Waals surface area (Å²) in [6.07, 6.45) is 0.798. The van der Waals surface area contributed by atoms with Gasteiger partial charge in [0.15, 0.2) is 0 Å². The molecule has 0 bridgehead atoms. The molecule has 0 aliphatic rings. The first-order chi connectivity index (χ1) is 8.26. The second-order valence-electron chi connectivity index (χ2n) is 3.71. The summed E-state index contributed by atoms with van der Waals surface area (Å²) < 4.78 is 4.60. The number of rotatable bonds is 3. The normalized spacial score (nSPS) is 10.1. The van der Waals surface area contributed by atoms with Gasteiger partial charge in [-0.05, 0) is 18.1 Å². The highest BCUT2D eigenvalue weighted by Gasteiger charge is 2.12. The standard InChI is InChI=1S/C13H12N2O2/c1-17-13(16)7-6-10-9-4-2-3-5-11(9)15-12(10)8-14/h2-5,15H,6-7H2,1H3. The summed E-state index contributed by atoms with van der Waals surface area (Å²) >= 11 is 0. The van der Waals surface area contributed by atoms with Gasteiger partial charge in [0.25, 0.3) is 0 Å². The summed E-state index contributed by atoms with van der Waals surface area (Å²) in [7, 11) is 1.36. The number of fused-ring (bicyclic) bond motifs is 1. The molecule has 1 aromatic heterocycles. The Hall–Kier alpha value is -2.28. The first kappa shape index (κ1) is 11.2. The van der Waals surface area contributed by atoms with Gasteiger partial charge >= 0.3 is 5.97 Å². The number of esters is 1. The lowest BCUT2D eigenvalue weighted by Gasteiger charge is -1.99. The molecule has 4 nitrogen and oxygen atoms in total. The Morgan fingerprint density at radius 3 is 2.94 bits per heavy atom. The zero-order chi connectivity index (χ0) is 12.3. The molecule has 0 unspecified atom stereocenters. The van der Waals surface area contributed by atoms with Crippen LogP contribution in [0.1, 0.15) is 17.7 Å². The number of hydrogen-bond donors (Lipinski definition) is 1. The predicted molar refractivity (Wildman–Crippen MR) is 63.4 cm³/mol. The molecule has 0 aliphatic heterocycles. The summed E-state index contributed by atoms with van der Waals surface area (Å²) in [6, 6.07) is 9.80. The SMILES string of the molecule is COC(=O)CCc1c(C#N)[nH]c2ccccc12. The molecule has 1 heterocycles. The van der Waals surface area contributed by atoms with E-state index in [-0.39, 0.29) is 12.4 Å². The predicted octanol–water partition coefficient (Wildman–Crippen LogP) is 2.15. The Morgan fingerprint density at radius 2 is 2.24 bits per heavy atom. The zero-order valence-corrected chi connectivity index (χ0v) is 9.49. The molecule has 86 valence electrons. The van der Waals surface area contributed by atoms with E-state index in [9.17, 15) is 4.79 Å². The van der Waals surface area contributed by atoms with Gasteiger partial charge < -0.3 is 9.72 Å². The van der Waals surface area contributed by atoms with Gasteiger partial charge in [-0.15, -0.1) is 0 Å². The largest absolute Gasteiger partial charge is 0.469 e. The number of carbonyl (C=O) groups is 1. The maximum Gasteiger partial charge on any atom is 0.305 e. The highest BCUT2D eigenvalue weighted by Crippen LogP contribution is 2.23. The third kappa shape index (κ3) is 2.13. The number of nitriles is 1. The van der Waals surface area contributed by atoms with Crippen LogP contribution < -0.4 is 0 Å². The van der Waals surface area contributed by atoms with Gasteiger partial charge in [0.2, 0.25) is 0 Å². The number of benzene rings is 1. The van der Waals surface area contributed by atoms with Crippen LogP contribution in [0, 0.1) is 11.3 Å². The minimum atomic E-state index is -0.265. The maximum atomic E-state index is 11.1. The van der Waals surface area contributed by atoms with E-state index in [1.54, 1.807) is 0 Å². The molecular weight excluding hydrogens is 216 g/mol. The van der Waals surface area contributed by atoms with Crippen molar-refractivity contribution in [2.75, 3.05) is 7.11 Å². The van der Waals surface area contributed by atoms with Crippen molar-refractivity contribution in [3.05, 3.63) is 35.5 Å². The Bertz CT molecular complexity index is 593. The van der Waals surface area contributed by atoms with Gasteiger partial charge in [-0.25, -0.2) is 0 Å². The van der Waals surface area contributed by atoms with E-state index in [1.165, 1.54) is 7.11 Å². The van der Waals surface area contributed by atoms with Gasteiger partial charge in [0, 0.05) is 17.3 Å². The summed E-state index contributed by atoms with van der Waals surface area (Å²) in [6.45, 7) is 0. The van der Waals surface area contributed by atoms with E-state index in [1.807, 2.05) is 24.3 Å². The van der Waals surface area contributed by atoms with Crippen molar-refractivity contribution in [3.8, 4) is 6.07 Å². The summed E-state index contributed by atoms with van der Waals surface area (Å²) in [5.41, 5.74) is 2.33. The highest BCUT2D eigenvalue weighted by molar-refractivity contribution is 5.86. The Labute approximate surface area is 98.8 Å². The van der Waals surface area contributed by atoms with Gasteiger partial charge in [-0.1, -0.05) is 18.2 Å². The van der Waals surface area contributed by atoms with E-state index < -0.39 is 0 Å². The van der Waals surface area contributed by atoms with Crippen LogP contribution in [0.4, 0.5) is 0 Å². The van der Waals surface area contributed by atoms with Gasteiger partial charge in [-0.2, -0.15) is 5.26 Å². The number of para-hydroxylation sites is 1. The van der Waals surface area contributed by atoms with E-state index in [4.69, 9.17) is 5.26 Å². The number of hydrogen-bond acceptors (Lipinski definition) is 3. The average molecular weight is 228 g/mol. The van der Waals surface area contributed by atoms with Crippen LogP contribution in [-0.4, -0.2) is 18.1 Å². The van der Waals surface area contributed by atoms with Crippen LogP contribution in [0.3, 0.4) is 0 Å². The number of nitrogens with zero attached hydrogens (tertiary/aromatic N) is 1. The lowest BCUT2D eigenvalue weighted by Crippen LogP contribution is -2.02. The fourth-order valence-corrected chi connectivity index (χ4v) is 1.88. The Morgan fingerprint density at radius 1 is 1.47 bits per heavy atom. The number of aromatic amines is 1. The quantitative estimate of drug-likeness (QED) is 0.818. The fourth-order valence-electron chi connectivity index (χ4n) is 1.88.